The minimum Gasteiger partial charge on any atom is -0.497 e. The van der Waals surface area contributed by atoms with Crippen LogP contribution in [0.3, 0.4) is 0 Å². The Bertz CT molecular complexity index is 1010. The number of nitrogens with zero attached hydrogens (tertiary/aromatic N) is 3. The third-order valence-electron chi connectivity index (χ3n) is 3.87. The molecule has 0 fully saturated rings. The Hall–Kier alpha value is -2.85. The van der Waals surface area contributed by atoms with Gasteiger partial charge in [0.1, 0.15) is 5.75 Å². The molecular formula is C19H14ClN3O. The fourth-order valence-electron chi connectivity index (χ4n) is 2.75. The summed E-state index contributed by atoms with van der Waals surface area (Å²) in [6.45, 7) is 0. The normalized spacial score (nSPS) is 10.9. The summed E-state index contributed by atoms with van der Waals surface area (Å²) in [5.41, 5.74) is 3.81. The van der Waals surface area contributed by atoms with Crippen LogP contribution in [0.5, 0.6) is 5.75 Å². The fraction of sp³-hybridized carbons (Fsp3) is 0.0526. The number of fused-ring (bicyclic) bond motifs is 1. The predicted octanol–water partition coefficient (Wildman–Crippen LogP) is 4.73. The van der Waals surface area contributed by atoms with Gasteiger partial charge in [0.25, 0.3) is 0 Å². The standard InChI is InChI=1S/C19H14ClN3O/c1-24-16-8-6-13(7-9-16)17-18(14-4-2-5-15(20)12-14)23-11-3-10-21-19(23)22-17/h2-12H,1H3. The molecule has 0 saturated carbocycles. The van der Waals surface area contributed by atoms with Crippen LogP contribution in [-0.2, 0) is 0 Å². The van der Waals surface area contributed by atoms with Crippen molar-refractivity contribution in [2.24, 2.45) is 0 Å². The van der Waals surface area contributed by atoms with E-state index in [2.05, 4.69) is 4.98 Å². The van der Waals surface area contributed by atoms with Crippen LogP contribution in [0.4, 0.5) is 0 Å². The number of aromatic nitrogens is 3. The van der Waals surface area contributed by atoms with E-state index < -0.39 is 0 Å². The first-order chi connectivity index (χ1) is 11.8. The smallest absolute Gasteiger partial charge is 0.234 e. The van der Waals surface area contributed by atoms with Crippen molar-refractivity contribution in [3.05, 3.63) is 72.0 Å². The summed E-state index contributed by atoms with van der Waals surface area (Å²) < 4.78 is 7.22. The molecule has 2 aromatic carbocycles. The zero-order chi connectivity index (χ0) is 16.5. The molecule has 0 aliphatic heterocycles. The summed E-state index contributed by atoms with van der Waals surface area (Å²) in [6.07, 6.45) is 3.69. The Kier molecular flexibility index (Phi) is 3.67. The number of ether oxygens (including phenoxy) is 1. The molecule has 0 aliphatic rings. The molecule has 0 N–H and O–H groups in total. The molecule has 24 heavy (non-hydrogen) atoms. The SMILES string of the molecule is COc1ccc(-c2nc3ncccn3c2-c2cccc(Cl)c2)cc1. The van der Waals surface area contributed by atoms with Gasteiger partial charge in [-0.2, -0.15) is 0 Å². The lowest BCUT2D eigenvalue weighted by Crippen LogP contribution is -1.90. The van der Waals surface area contributed by atoms with Crippen LogP contribution in [0.2, 0.25) is 5.02 Å². The maximum atomic E-state index is 6.19. The molecule has 4 nitrogen and oxygen atoms in total. The van der Waals surface area contributed by atoms with Gasteiger partial charge in [0, 0.05) is 28.5 Å². The Morgan fingerprint density at radius 3 is 2.58 bits per heavy atom. The van der Waals surface area contributed by atoms with E-state index in [1.807, 2.05) is 65.2 Å². The first-order valence-corrected chi connectivity index (χ1v) is 7.87. The number of rotatable bonds is 3. The summed E-state index contributed by atoms with van der Waals surface area (Å²) in [4.78, 5) is 9.08. The van der Waals surface area contributed by atoms with Gasteiger partial charge in [-0.15, -0.1) is 0 Å². The van der Waals surface area contributed by atoms with Crippen molar-refractivity contribution in [3.8, 4) is 28.3 Å². The summed E-state index contributed by atoms with van der Waals surface area (Å²) in [5, 5.41) is 0.687. The lowest BCUT2D eigenvalue weighted by Gasteiger charge is -2.07. The van der Waals surface area contributed by atoms with E-state index in [1.54, 1.807) is 13.3 Å². The van der Waals surface area contributed by atoms with Gasteiger partial charge in [-0.3, -0.25) is 4.40 Å². The zero-order valence-electron chi connectivity index (χ0n) is 13.0. The van der Waals surface area contributed by atoms with Crippen molar-refractivity contribution < 1.29 is 4.74 Å². The molecule has 0 saturated heterocycles. The van der Waals surface area contributed by atoms with E-state index in [-0.39, 0.29) is 0 Å². The molecule has 0 radical (unpaired) electrons. The number of hydrogen-bond acceptors (Lipinski definition) is 3. The Morgan fingerprint density at radius 2 is 1.83 bits per heavy atom. The Labute approximate surface area is 144 Å². The highest BCUT2D eigenvalue weighted by Gasteiger charge is 2.16. The van der Waals surface area contributed by atoms with Crippen molar-refractivity contribution in [1.29, 1.82) is 0 Å². The largest absolute Gasteiger partial charge is 0.497 e. The van der Waals surface area contributed by atoms with Gasteiger partial charge in [-0.25, -0.2) is 9.97 Å². The monoisotopic (exact) mass is 335 g/mol. The van der Waals surface area contributed by atoms with E-state index in [4.69, 9.17) is 21.3 Å². The van der Waals surface area contributed by atoms with E-state index in [0.29, 0.717) is 10.8 Å². The number of methoxy groups -OCH3 is 1. The average molecular weight is 336 g/mol. The van der Waals surface area contributed by atoms with Crippen LogP contribution in [0.15, 0.2) is 67.0 Å². The lowest BCUT2D eigenvalue weighted by atomic mass is 10.0. The highest BCUT2D eigenvalue weighted by molar-refractivity contribution is 6.30. The van der Waals surface area contributed by atoms with Crippen LogP contribution in [-0.4, -0.2) is 21.5 Å². The van der Waals surface area contributed by atoms with E-state index in [9.17, 15) is 0 Å². The van der Waals surface area contributed by atoms with E-state index in [1.165, 1.54) is 0 Å². The second-order valence-corrected chi connectivity index (χ2v) is 5.77. The molecule has 0 atom stereocenters. The van der Waals surface area contributed by atoms with E-state index >= 15 is 0 Å². The summed E-state index contributed by atoms with van der Waals surface area (Å²) in [6, 6.07) is 17.5. The van der Waals surface area contributed by atoms with E-state index in [0.717, 1.165) is 28.3 Å². The second kappa shape index (κ2) is 5.98. The van der Waals surface area contributed by atoms with Crippen LogP contribution in [0, 0.1) is 0 Å². The summed E-state index contributed by atoms with van der Waals surface area (Å²) in [7, 11) is 1.65. The van der Waals surface area contributed by atoms with Crippen LogP contribution >= 0.6 is 11.6 Å². The minimum atomic E-state index is 0.651. The molecule has 0 amide bonds. The first kappa shape index (κ1) is 14.7. The van der Waals surface area contributed by atoms with Crippen LogP contribution in [0.25, 0.3) is 28.3 Å². The van der Waals surface area contributed by atoms with Gasteiger partial charge in [-0.1, -0.05) is 23.7 Å². The van der Waals surface area contributed by atoms with Crippen molar-refractivity contribution in [2.45, 2.75) is 0 Å². The first-order valence-electron chi connectivity index (χ1n) is 7.50. The summed E-state index contributed by atoms with van der Waals surface area (Å²) in [5.74, 6) is 1.46. The average Bonchev–Trinajstić information content (AvgIpc) is 3.01. The number of benzene rings is 2. The molecule has 2 aromatic heterocycles. The molecule has 4 aromatic rings. The molecule has 0 aliphatic carbocycles. The molecular weight excluding hydrogens is 322 g/mol. The molecule has 4 rings (SSSR count). The fourth-order valence-corrected chi connectivity index (χ4v) is 2.94. The van der Waals surface area contributed by atoms with Gasteiger partial charge in [0.2, 0.25) is 5.78 Å². The molecule has 118 valence electrons. The van der Waals surface area contributed by atoms with Crippen molar-refractivity contribution in [1.82, 2.24) is 14.4 Å². The van der Waals surface area contributed by atoms with Gasteiger partial charge in [0.15, 0.2) is 0 Å². The Balaban J connectivity index is 1.99. The summed E-state index contributed by atoms with van der Waals surface area (Å²) >= 11 is 6.19. The number of imidazole rings is 1. The quantitative estimate of drug-likeness (QED) is 0.543. The van der Waals surface area contributed by atoms with Crippen molar-refractivity contribution >= 4 is 17.4 Å². The number of hydrogen-bond donors (Lipinski definition) is 0. The van der Waals surface area contributed by atoms with Gasteiger partial charge < -0.3 is 4.74 Å². The molecule has 0 unspecified atom stereocenters. The minimum absolute atomic E-state index is 0.651. The Morgan fingerprint density at radius 1 is 1.00 bits per heavy atom. The third kappa shape index (κ3) is 2.51. The second-order valence-electron chi connectivity index (χ2n) is 5.34. The maximum Gasteiger partial charge on any atom is 0.234 e. The van der Waals surface area contributed by atoms with Gasteiger partial charge in [0.05, 0.1) is 18.5 Å². The lowest BCUT2D eigenvalue weighted by molar-refractivity contribution is 0.415. The highest BCUT2D eigenvalue weighted by atomic mass is 35.5. The topological polar surface area (TPSA) is 39.4 Å². The highest BCUT2D eigenvalue weighted by Crippen LogP contribution is 2.33. The van der Waals surface area contributed by atoms with Crippen LogP contribution in [0.1, 0.15) is 0 Å². The van der Waals surface area contributed by atoms with Gasteiger partial charge in [-0.05, 0) is 42.5 Å². The molecule has 5 heteroatoms. The predicted molar refractivity (Wildman–Crippen MR) is 95.4 cm³/mol. The van der Waals surface area contributed by atoms with Crippen molar-refractivity contribution in [3.63, 3.8) is 0 Å². The molecule has 0 bridgehead atoms. The van der Waals surface area contributed by atoms with Gasteiger partial charge >= 0.3 is 0 Å². The maximum absolute atomic E-state index is 6.19. The van der Waals surface area contributed by atoms with Crippen molar-refractivity contribution in [2.75, 3.05) is 7.11 Å². The molecule has 2 heterocycles. The van der Waals surface area contributed by atoms with Crippen LogP contribution < -0.4 is 4.74 Å². The third-order valence-corrected chi connectivity index (χ3v) is 4.10. The zero-order valence-corrected chi connectivity index (χ0v) is 13.7. The number of halogens is 1. The molecule has 0 spiro atoms.